The van der Waals surface area contributed by atoms with Crippen molar-refractivity contribution in [3.05, 3.63) is 74.4 Å². The molecular formula is C23H28N4O4. The lowest BCUT2D eigenvalue weighted by Gasteiger charge is -2.14. The number of pyridine rings is 1. The van der Waals surface area contributed by atoms with Crippen molar-refractivity contribution in [2.75, 3.05) is 13.2 Å². The number of rotatable bonds is 9. The number of fused-ring (bicyclic) bond motifs is 1. The third-order valence-electron chi connectivity index (χ3n) is 4.84. The highest BCUT2D eigenvalue weighted by Crippen LogP contribution is 2.10. The van der Waals surface area contributed by atoms with Crippen molar-refractivity contribution in [2.24, 2.45) is 0 Å². The molecule has 2 aromatic heterocycles. The smallest absolute Gasteiger partial charge is 0.318 e. The van der Waals surface area contributed by atoms with Crippen LogP contribution in [0, 0.1) is 6.92 Å². The molecule has 8 heteroatoms. The van der Waals surface area contributed by atoms with Crippen LogP contribution in [0.5, 0.6) is 0 Å². The van der Waals surface area contributed by atoms with E-state index in [-0.39, 0.29) is 25.1 Å². The number of ether oxygens (including phenoxy) is 1. The lowest BCUT2D eigenvalue weighted by atomic mass is 10.1. The van der Waals surface area contributed by atoms with Gasteiger partial charge in [0.15, 0.2) is 5.65 Å². The summed E-state index contributed by atoms with van der Waals surface area (Å²) < 4.78 is 8.00. The average Bonchev–Trinajstić information content (AvgIpc) is 2.75. The van der Waals surface area contributed by atoms with E-state index in [2.05, 4.69) is 10.3 Å². The standard InChI is InChI=1S/C23H28N4O4/c1-16(2)31-13-5-12-24-20(28)15-26-19-6-4-11-25-21(19)27(23(30)22(26)29)14-18-9-7-17(3)8-10-18/h4,6-11,16H,5,12-15H2,1-3H3,(H,24,28). The second kappa shape index (κ2) is 10.2. The summed E-state index contributed by atoms with van der Waals surface area (Å²) in [5.74, 6) is -0.340. The summed E-state index contributed by atoms with van der Waals surface area (Å²) in [4.78, 5) is 42.4. The van der Waals surface area contributed by atoms with Crippen molar-refractivity contribution in [1.29, 1.82) is 0 Å². The molecule has 0 aliphatic carbocycles. The van der Waals surface area contributed by atoms with Gasteiger partial charge in [-0.3, -0.25) is 23.5 Å². The van der Waals surface area contributed by atoms with Gasteiger partial charge >= 0.3 is 11.1 Å². The molecule has 0 spiro atoms. The molecule has 31 heavy (non-hydrogen) atoms. The molecule has 8 nitrogen and oxygen atoms in total. The zero-order valence-electron chi connectivity index (χ0n) is 18.1. The van der Waals surface area contributed by atoms with Gasteiger partial charge in [0.1, 0.15) is 6.54 Å². The first-order valence-corrected chi connectivity index (χ1v) is 10.4. The molecule has 0 radical (unpaired) electrons. The van der Waals surface area contributed by atoms with Gasteiger partial charge in [0, 0.05) is 19.3 Å². The number of carbonyl (C=O) groups is 1. The van der Waals surface area contributed by atoms with E-state index in [1.54, 1.807) is 18.3 Å². The number of hydrogen-bond donors (Lipinski definition) is 1. The molecule has 1 aromatic carbocycles. The maximum Gasteiger partial charge on any atom is 0.318 e. The molecule has 0 aliphatic rings. The largest absolute Gasteiger partial charge is 0.379 e. The van der Waals surface area contributed by atoms with Crippen LogP contribution in [-0.2, 0) is 22.6 Å². The normalized spacial score (nSPS) is 11.2. The van der Waals surface area contributed by atoms with Crippen LogP contribution in [0.3, 0.4) is 0 Å². The van der Waals surface area contributed by atoms with Crippen molar-refractivity contribution >= 4 is 17.1 Å². The summed E-state index contributed by atoms with van der Waals surface area (Å²) in [5.41, 5.74) is 1.36. The molecule has 1 N–H and O–H groups in total. The summed E-state index contributed by atoms with van der Waals surface area (Å²) in [5, 5.41) is 2.77. The third-order valence-corrected chi connectivity index (χ3v) is 4.84. The molecule has 1 amide bonds. The summed E-state index contributed by atoms with van der Waals surface area (Å²) in [6.07, 6.45) is 2.37. The summed E-state index contributed by atoms with van der Waals surface area (Å²) in [6, 6.07) is 11.1. The first-order chi connectivity index (χ1) is 14.9. The molecule has 2 heterocycles. The first kappa shape index (κ1) is 22.4. The zero-order chi connectivity index (χ0) is 22.4. The van der Waals surface area contributed by atoms with Crippen LogP contribution in [0.2, 0.25) is 0 Å². The molecule has 0 unspecified atom stereocenters. The molecule has 0 fully saturated rings. The van der Waals surface area contributed by atoms with Crippen LogP contribution < -0.4 is 16.4 Å². The molecule has 0 bridgehead atoms. The minimum Gasteiger partial charge on any atom is -0.379 e. The molecular weight excluding hydrogens is 396 g/mol. The number of nitrogens with one attached hydrogen (secondary N) is 1. The fraction of sp³-hybridized carbons (Fsp3) is 0.391. The Bertz CT molecular complexity index is 1160. The van der Waals surface area contributed by atoms with E-state index in [1.165, 1.54) is 9.13 Å². The number of carbonyl (C=O) groups excluding carboxylic acids is 1. The van der Waals surface area contributed by atoms with Gasteiger partial charge in [-0.15, -0.1) is 0 Å². The zero-order valence-corrected chi connectivity index (χ0v) is 18.1. The fourth-order valence-corrected chi connectivity index (χ4v) is 3.24. The maximum atomic E-state index is 12.9. The minimum absolute atomic E-state index is 0.138. The van der Waals surface area contributed by atoms with Crippen LogP contribution in [0.25, 0.3) is 11.2 Å². The molecule has 3 aromatic rings. The monoisotopic (exact) mass is 424 g/mol. The average molecular weight is 425 g/mol. The van der Waals surface area contributed by atoms with E-state index >= 15 is 0 Å². The number of nitrogens with zero attached hydrogens (tertiary/aromatic N) is 3. The van der Waals surface area contributed by atoms with Gasteiger partial charge in [-0.05, 0) is 44.9 Å². The predicted molar refractivity (Wildman–Crippen MR) is 119 cm³/mol. The SMILES string of the molecule is Cc1ccc(Cn2c(=O)c(=O)n(CC(=O)NCCCOC(C)C)c3cccnc32)cc1. The van der Waals surface area contributed by atoms with Gasteiger partial charge in [-0.25, -0.2) is 4.98 Å². The van der Waals surface area contributed by atoms with Gasteiger partial charge in [0.2, 0.25) is 5.91 Å². The van der Waals surface area contributed by atoms with Gasteiger partial charge < -0.3 is 10.1 Å². The number of aryl methyl sites for hydroxylation is 1. The van der Waals surface area contributed by atoms with Crippen molar-refractivity contribution in [3.63, 3.8) is 0 Å². The van der Waals surface area contributed by atoms with Gasteiger partial charge in [0.25, 0.3) is 0 Å². The second-order valence-electron chi connectivity index (χ2n) is 7.74. The van der Waals surface area contributed by atoms with E-state index in [4.69, 9.17) is 4.74 Å². The van der Waals surface area contributed by atoms with Crippen LogP contribution >= 0.6 is 0 Å². The topological polar surface area (TPSA) is 95.2 Å². The Morgan fingerprint density at radius 1 is 1.10 bits per heavy atom. The molecule has 0 atom stereocenters. The number of amides is 1. The van der Waals surface area contributed by atoms with E-state index in [0.717, 1.165) is 11.1 Å². The van der Waals surface area contributed by atoms with Crippen LogP contribution in [0.4, 0.5) is 0 Å². The minimum atomic E-state index is -0.745. The maximum absolute atomic E-state index is 12.9. The molecule has 3 rings (SSSR count). The van der Waals surface area contributed by atoms with Crippen molar-refractivity contribution in [3.8, 4) is 0 Å². The Morgan fingerprint density at radius 3 is 2.52 bits per heavy atom. The van der Waals surface area contributed by atoms with Gasteiger partial charge in [-0.1, -0.05) is 29.8 Å². The van der Waals surface area contributed by atoms with Crippen LogP contribution in [-0.4, -0.2) is 39.3 Å². The highest BCUT2D eigenvalue weighted by molar-refractivity contribution is 5.78. The van der Waals surface area contributed by atoms with E-state index < -0.39 is 11.1 Å². The van der Waals surface area contributed by atoms with Crippen molar-refractivity contribution in [1.82, 2.24) is 19.4 Å². The van der Waals surface area contributed by atoms with Crippen LogP contribution in [0.1, 0.15) is 31.4 Å². The quantitative estimate of drug-likeness (QED) is 0.418. The Balaban J connectivity index is 1.84. The van der Waals surface area contributed by atoms with Gasteiger partial charge in [0.05, 0.1) is 18.2 Å². The van der Waals surface area contributed by atoms with Gasteiger partial charge in [-0.2, -0.15) is 0 Å². The Labute approximate surface area is 180 Å². The molecule has 0 saturated heterocycles. The van der Waals surface area contributed by atoms with E-state index in [1.807, 2.05) is 45.0 Å². The number of benzene rings is 1. The highest BCUT2D eigenvalue weighted by atomic mass is 16.5. The summed E-state index contributed by atoms with van der Waals surface area (Å²) in [6.45, 7) is 6.84. The first-order valence-electron chi connectivity index (χ1n) is 10.4. The number of hydrogen-bond acceptors (Lipinski definition) is 5. The predicted octanol–water partition coefficient (Wildman–Crippen LogP) is 1.85. The lowest BCUT2D eigenvalue weighted by Crippen LogP contribution is -2.44. The lowest BCUT2D eigenvalue weighted by molar-refractivity contribution is -0.121. The fourth-order valence-electron chi connectivity index (χ4n) is 3.24. The molecule has 0 aliphatic heterocycles. The van der Waals surface area contributed by atoms with Crippen molar-refractivity contribution in [2.45, 2.75) is 46.4 Å². The third kappa shape index (κ3) is 5.67. The Hall–Kier alpha value is -3.26. The molecule has 0 saturated carbocycles. The van der Waals surface area contributed by atoms with E-state index in [9.17, 15) is 14.4 Å². The Morgan fingerprint density at radius 2 is 1.81 bits per heavy atom. The van der Waals surface area contributed by atoms with E-state index in [0.29, 0.717) is 30.7 Å². The second-order valence-corrected chi connectivity index (χ2v) is 7.74. The highest BCUT2D eigenvalue weighted by Gasteiger charge is 2.16. The molecule has 164 valence electrons. The summed E-state index contributed by atoms with van der Waals surface area (Å²) >= 11 is 0. The number of aromatic nitrogens is 3. The van der Waals surface area contributed by atoms with Crippen molar-refractivity contribution < 1.29 is 9.53 Å². The summed E-state index contributed by atoms with van der Waals surface area (Å²) in [7, 11) is 0. The van der Waals surface area contributed by atoms with Crippen LogP contribution in [0.15, 0.2) is 52.2 Å². The Kier molecular flexibility index (Phi) is 7.36.